The molecule has 0 radical (unpaired) electrons. The number of hydrogen-bond acceptors (Lipinski definition) is 4. The summed E-state index contributed by atoms with van der Waals surface area (Å²) < 4.78 is 39.4. The van der Waals surface area contributed by atoms with Crippen molar-refractivity contribution < 1.29 is 18.0 Å². The minimum Gasteiger partial charge on any atom is -0.398 e. The van der Waals surface area contributed by atoms with E-state index in [1.807, 2.05) is 4.90 Å². The van der Waals surface area contributed by atoms with Crippen LogP contribution in [0.1, 0.15) is 70.4 Å². The summed E-state index contributed by atoms with van der Waals surface area (Å²) in [5, 5.41) is 3.19. The van der Waals surface area contributed by atoms with Crippen molar-refractivity contribution in [1.29, 1.82) is 0 Å². The second-order valence-electron chi connectivity index (χ2n) is 11.9. The van der Waals surface area contributed by atoms with Gasteiger partial charge < -0.3 is 20.9 Å². The van der Waals surface area contributed by atoms with Crippen LogP contribution in [0.2, 0.25) is 0 Å². The van der Waals surface area contributed by atoms with Gasteiger partial charge in [0.2, 0.25) is 5.91 Å². The molecule has 0 unspecified atom stereocenters. The number of alkyl halides is 3. The quantitative estimate of drug-likeness (QED) is 0.409. The van der Waals surface area contributed by atoms with Crippen molar-refractivity contribution in [2.24, 2.45) is 5.92 Å². The van der Waals surface area contributed by atoms with Gasteiger partial charge in [-0.25, -0.2) is 0 Å². The number of carbonyl (C=O) groups is 1. The highest BCUT2D eigenvalue weighted by Gasteiger charge is 2.33. The zero-order chi connectivity index (χ0) is 27.5. The second-order valence-corrected chi connectivity index (χ2v) is 11.9. The molecule has 1 amide bonds. The third kappa shape index (κ3) is 7.14. The molecule has 2 fully saturated rings. The molecule has 2 aromatic carbocycles. The smallest absolute Gasteiger partial charge is 0.398 e. The molecule has 208 valence electrons. The fourth-order valence-corrected chi connectivity index (χ4v) is 5.54. The van der Waals surface area contributed by atoms with Crippen LogP contribution in [0, 0.1) is 5.92 Å². The first-order valence-corrected chi connectivity index (χ1v) is 13.8. The van der Waals surface area contributed by atoms with E-state index in [1.165, 1.54) is 17.3 Å². The molecular weight excluding hydrogens is 489 g/mol. The number of anilines is 3. The number of carbonyl (C=O) groups excluding carboxylic acids is 1. The summed E-state index contributed by atoms with van der Waals surface area (Å²) in [5.41, 5.74) is 7.59. The fraction of sp³-hybridized carbons (Fsp3) is 0.567. The number of rotatable bonds is 6. The Hall–Kier alpha value is -2.90. The van der Waals surface area contributed by atoms with Gasteiger partial charge in [0.25, 0.3) is 0 Å². The van der Waals surface area contributed by atoms with Crippen LogP contribution in [-0.4, -0.2) is 43.0 Å². The summed E-state index contributed by atoms with van der Waals surface area (Å²) in [7, 11) is 0. The number of hydrogen-bond donors (Lipinski definition) is 2. The lowest BCUT2D eigenvalue weighted by Gasteiger charge is -2.35. The lowest BCUT2D eigenvalue weighted by Crippen LogP contribution is -2.42. The first kappa shape index (κ1) is 28.1. The summed E-state index contributed by atoms with van der Waals surface area (Å²) >= 11 is 0. The maximum Gasteiger partial charge on any atom is 0.418 e. The second kappa shape index (κ2) is 11.5. The van der Waals surface area contributed by atoms with Crippen LogP contribution in [0.5, 0.6) is 0 Å². The van der Waals surface area contributed by atoms with E-state index in [4.69, 9.17) is 5.73 Å². The zero-order valence-corrected chi connectivity index (χ0v) is 22.8. The topological polar surface area (TPSA) is 61.6 Å². The van der Waals surface area contributed by atoms with Crippen LogP contribution in [-0.2, 0) is 16.4 Å². The Morgan fingerprint density at radius 1 is 0.947 bits per heavy atom. The Kier molecular flexibility index (Phi) is 8.48. The van der Waals surface area contributed by atoms with E-state index in [-0.39, 0.29) is 23.1 Å². The molecule has 0 aromatic heterocycles. The average Bonchev–Trinajstić information content (AvgIpc) is 2.88. The number of amides is 1. The van der Waals surface area contributed by atoms with Crippen molar-refractivity contribution in [2.75, 3.05) is 42.1 Å². The van der Waals surface area contributed by atoms with E-state index in [1.54, 1.807) is 6.07 Å². The van der Waals surface area contributed by atoms with Crippen molar-refractivity contribution in [2.45, 2.75) is 76.9 Å². The molecule has 2 aliphatic rings. The Morgan fingerprint density at radius 2 is 1.58 bits per heavy atom. The number of nitrogens with one attached hydrogen (secondary N) is 1. The molecular formula is C30H41F3N4O. The maximum absolute atomic E-state index is 13.1. The molecule has 3 N–H and O–H groups in total. The van der Waals surface area contributed by atoms with Gasteiger partial charge in [-0.05, 0) is 79.3 Å². The molecule has 2 heterocycles. The zero-order valence-electron chi connectivity index (χ0n) is 22.8. The summed E-state index contributed by atoms with van der Waals surface area (Å²) in [4.78, 5) is 17.2. The van der Waals surface area contributed by atoms with Gasteiger partial charge in [0.15, 0.2) is 0 Å². The number of benzene rings is 2. The number of piperidine rings is 2. The van der Waals surface area contributed by atoms with Crippen molar-refractivity contribution in [1.82, 2.24) is 4.90 Å². The van der Waals surface area contributed by atoms with E-state index in [0.717, 1.165) is 38.4 Å². The fourth-order valence-electron chi connectivity index (χ4n) is 5.54. The molecule has 0 bridgehead atoms. The number of nitrogen functional groups attached to an aromatic ring is 1. The molecule has 0 atom stereocenters. The number of nitrogens with zero attached hydrogens (tertiary/aromatic N) is 2. The molecule has 5 nitrogen and oxygen atoms in total. The summed E-state index contributed by atoms with van der Waals surface area (Å²) in [6.07, 6.45) is 0.624. The van der Waals surface area contributed by atoms with Gasteiger partial charge in [0.1, 0.15) is 0 Å². The highest BCUT2D eigenvalue weighted by atomic mass is 19.4. The molecule has 38 heavy (non-hydrogen) atoms. The van der Waals surface area contributed by atoms with Gasteiger partial charge in [-0.2, -0.15) is 13.2 Å². The monoisotopic (exact) mass is 530 g/mol. The van der Waals surface area contributed by atoms with E-state index in [0.29, 0.717) is 44.0 Å². The lowest BCUT2D eigenvalue weighted by atomic mass is 9.87. The molecule has 2 aromatic rings. The van der Waals surface area contributed by atoms with Crippen LogP contribution in [0.3, 0.4) is 0 Å². The normalized spacial score (nSPS) is 18.1. The highest BCUT2D eigenvalue weighted by molar-refractivity contribution is 5.76. The molecule has 8 heteroatoms. The first-order chi connectivity index (χ1) is 17.9. The van der Waals surface area contributed by atoms with Crippen LogP contribution in [0.15, 0.2) is 42.5 Å². The molecule has 0 aliphatic carbocycles. The summed E-state index contributed by atoms with van der Waals surface area (Å²) in [6.45, 7) is 9.97. The lowest BCUT2D eigenvalue weighted by molar-refractivity contribution is -0.137. The predicted molar refractivity (Wildman–Crippen MR) is 148 cm³/mol. The van der Waals surface area contributed by atoms with E-state index >= 15 is 0 Å². The third-order valence-corrected chi connectivity index (χ3v) is 8.06. The van der Waals surface area contributed by atoms with Crippen LogP contribution >= 0.6 is 0 Å². The predicted octanol–water partition coefficient (Wildman–Crippen LogP) is 6.68. The average molecular weight is 531 g/mol. The van der Waals surface area contributed by atoms with E-state index in [2.05, 4.69) is 55.3 Å². The van der Waals surface area contributed by atoms with Crippen molar-refractivity contribution in [3.8, 4) is 0 Å². The molecule has 4 rings (SSSR count). The van der Waals surface area contributed by atoms with Gasteiger partial charge in [-0.1, -0.05) is 32.9 Å². The Bertz CT molecular complexity index is 1080. The SMILES string of the molecule is CC(C)(C)c1ccc(N2CCC(CCC(=O)N3CCC(Nc4ccc(N)c(C(F)(F)F)c4)CC3)CC2)cc1. The summed E-state index contributed by atoms with van der Waals surface area (Å²) in [5.74, 6) is 0.757. The molecule has 0 spiro atoms. The largest absolute Gasteiger partial charge is 0.418 e. The highest BCUT2D eigenvalue weighted by Crippen LogP contribution is 2.35. The minimum atomic E-state index is -4.48. The minimum absolute atomic E-state index is 0.0329. The van der Waals surface area contributed by atoms with Crippen molar-refractivity contribution in [3.63, 3.8) is 0 Å². The Balaban J connectivity index is 1.17. The van der Waals surface area contributed by atoms with Crippen LogP contribution in [0.25, 0.3) is 0 Å². The number of likely N-dealkylation sites (tertiary alicyclic amines) is 1. The van der Waals surface area contributed by atoms with Gasteiger partial charge >= 0.3 is 6.18 Å². The van der Waals surface area contributed by atoms with E-state index in [9.17, 15) is 18.0 Å². The summed E-state index contributed by atoms with van der Waals surface area (Å²) in [6, 6.07) is 12.9. The van der Waals surface area contributed by atoms with Gasteiger partial charge in [0, 0.05) is 55.7 Å². The van der Waals surface area contributed by atoms with Crippen molar-refractivity contribution >= 4 is 23.0 Å². The molecule has 2 saturated heterocycles. The van der Waals surface area contributed by atoms with Gasteiger partial charge in [-0.15, -0.1) is 0 Å². The van der Waals surface area contributed by atoms with Crippen LogP contribution < -0.4 is 16.0 Å². The third-order valence-electron chi connectivity index (χ3n) is 8.06. The standard InChI is InChI=1S/C30H41F3N4O/c1-29(2,3)22-5-8-25(9-6-22)36-16-12-21(13-17-36)4-11-28(38)37-18-14-23(15-19-37)35-24-7-10-27(34)26(20-24)30(31,32)33/h5-10,20-21,23,35H,4,11-19,34H2,1-3H3. The first-order valence-electron chi connectivity index (χ1n) is 13.8. The van der Waals surface area contributed by atoms with Crippen LogP contribution in [0.4, 0.5) is 30.2 Å². The number of nitrogens with two attached hydrogens (primary N) is 1. The number of halogens is 3. The molecule has 2 aliphatic heterocycles. The van der Waals surface area contributed by atoms with Crippen molar-refractivity contribution in [3.05, 3.63) is 53.6 Å². The maximum atomic E-state index is 13.1. The van der Waals surface area contributed by atoms with Gasteiger partial charge in [-0.3, -0.25) is 4.79 Å². The Labute approximate surface area is 224 Å². The Morgan fingerprint density at radius 3 is 2.16 bits per heavy atom. The molecule has 0 saturated carbocycles. The van der Waals surface area contributed by atoms with Gasteiger partial charge in [0.05, 0.1) is 5.56 Å². The van der Waals surface area contributed by atoms with E-state index < -0.39 is 11.7 Å².